The fourth-order valence-electron chi connectivity index (χ4n) is 4.61. The first-order valence-electron chi connectivity index (χ1n) is 11.6. The molecule has 1 aliphatic rings. The van der Waals surface area contributed by atoms with Crippen molar-refractivity contribution in [3.63, 3.8) is 0 Å². The number of ether oxygens (including phenoxy) is 1. The second-order valence-corrected chi connectivity index (χ2v) is 9.64. The number of piperazine rings is 1. The van der Waals surface area contributed by atoms with Crippen LogP contribution in [0.1, 0.15) is 55.4 Å². The van der Waals surface area contributed by atoms with Crippen molar-refractivity contribution in [2.24, 2.45) is 0 Å². The summed E-state index contributed by atoms with van der Waals surface area (Å²) in [5.41, 5.74) is 2.91. The number of carbonyl (C=O) groups is 2. The molecule has 1 saturated heterocycles. The molecule has 0 aliphatic carbocycles. The standard InChI is InChI=1S/C26H37N3O3/c1-20-18-23(21(2)29(20)26(3,4)5)24(30)19-27-13-15-28(16-14-27)25(31)12-9-17-32-22-10-7-6-8-11-22/h6-8,10-11,18H,9,12-17,19H2,1-5H3. The number of amides is 1. The number of hydrogen-bond acceptors (Lipinski definition) is 4. The second kappa shape index (κ2) is 10.3. The van der Waals surface area contributed by atoms with Gasteiger partial charge in [-0.15, -0.1) is 0 Å². The summed E-state index contributed by atoms with van der Waals surface area (Å²) in [5, 5.41) is 0. The minimum atomic E-state index is -0.0508. The summed E-state index contributed by atoms with van der Waals surface area (Å²) in [5.74, 6) is 1.16. The molecule has 0 atom stereocenters. The number of hydrogen-bond donors (Lipinski definition) is 0. The van der Waals surface area contributed by atoms with Crippen molar-refractivity contribution >= 4 is 11.7 Å². The summed E-state index contributed by atoms with van der Waals surface area (Å²) >= 11 is 0. The highest BCUT2D eigenvalue weighted by Gasteiger charge is 2.26. The van der Waals surface area contributed by atoms with Crippen LogP contribution in [0.15, 0.2) is 36.4 Å². The lowest BCUT2D eigenvalue weighted by Gasteiger charge is -2.34. The molecule has 174 valence electrons. The number of carbonyl (C=O) groups excluding carboxylic acids is 2. The van der Waals surface area contributed by atoms with E-state index in [1.54, 1.807) is 0 Å². The van der Waals surface area contributed by atoms with Gasteiger partial charge in [-0.25, -0.2) is 0 Å². The highest BCUT2D eigenvalue weighted by molar-refractivity contribution is 5.99. The molecule has 32 heavy (non-hydrogen) atoms. The van der Waals surface area contributed by atoms with Crippen molar-refractivity contribution in [1.29, 1.82) is 0 Å². The molecule has 0 N–H and O–H groups in total. The Kier molecular flexibility index (Phi) is 7.77. The van der Waals surface area contributed by atoms with Crippen LogP contribution < -0.4 is 4.74 Å². The van der Waals surface area contributed by atoms with Crippen LogP contribution >= 0.6 is 0 Å². The quantitative estimate of drug-likeness (QED) is 0.460. The molecule has 1 aromatic carbocycles. The van der Waals surface area contributed by atoms with Crippen molar-refractivity contribution in [1.82, 2.24) is 14.4 Å². The fourth-order valence-corrected chi connectivity index (χ4v) is 4.61. The third-order valence-electron chi connectivity index (χ3n) is 6.04. The molecule has 3 rings (SSSR count). The Morgan fingerprint density at radius 3 is 2.25 bits per heavy atom. The van der Waals surface area contributed by atoms with E-state index in [-0.39, 0.29) is 17.2 Å². The molecule has 1 aromatic heterocycles. The van der Waals surface area contributed by atoms with E-state index in [9.17, 15) is 9.59 Å². The molecule has 0 saturated carbocycles. The molecule has 6 nitrogen and oxygen atoms in total. The zero-order chi connectivity index (χ0) is 23.3. The SMILES string of the molecule is Cc1cc(C(=O)CN2CCN(C(=O)CCCOc3ccccc3)CC2)c(C)n1C(C)(C)C. The Labute approximate surface area is 192 Å². The van der Waals surface area contributed by atoms with Crippen molar-refractivity contribution < 1.29 is 14.3 Å². The largest absolute Gasteiger partial charge is 0.494 e. The van der Waals surface area contributed by atoms with Gasteiger partial charge in [0.1, 0.15) is 5.75 Å². The van der Waals surface area contributed by atoms with Gasteiger partial charge in [-0.3, -0.25) is 14.5 Å². The number of aromatic nitrogens is 1. The monoisotopic (exact) mass is 439 g/mol. The third-order valence-corrected chi connectivity index (χ3v) is 6.04. The summed E-state index contributed by atoms with van der Waals surface area (Å²) in [6.45, 7) is 14.3. The summed E-state index contributed by atoms with van der Waals surface area (Å²) in [6, 6.07) is 11.7. The van der Waals surface area contributed by atoms with Crippen LogP contribution in [0.4, 0.5) is 0 Å². The van der Waals surface area contributed by atoms with Gasteiger partial charge in [-0.05, 0) is 59.2 Å². The smallest absolute Gasteiger partial charge is 0.222 e. The zero-order valence-corrected chi connectivity index (χ0v) is 20.2. The number of para-hydroxylation sites is 1. The van der Waals surface area contributed by atoms with Gasteiger partial charge in [-0.2, -0.15) is 0 Å². The van der Waals surface area contributed by atoms with Crippen molar-refractivity contribution in [3.05, 3.63) is 53.3 Å². The molecule has 1 fully saturated rings. The van der Waals surface area contributed by atoms with Crippen LogP contribution in [-0.2, 0) is 10.3 Å². The molecule has 2 heterocycles. The van der Waals surface area contributed by atoms with E-state index in [4.69, 9.17) is 4.74 Å². The molecular formula is C26H37N3O3. The average molecular weight is 440 g/mol. The average Bonchev–Trinajstić information content (AvgIpc) is 3.06. The van der Waals surface area contributed by atoms with E-state index >= 15 is 0 Å². The van der Waals surface area contributed by atoms with Gasteiger partial charge in [0.25, 0.3) is 0 Å². The minimum Gasteiger partial charge on any atom is -0.494 e. The first kappa shape index (κ1) is 24.1. The van der Waals surface area contributed by atoms with E-state index in [2.05, 4.69) is 37.2 Å². The first-order chi connectivity index (χ1) is 15.2. The maximum atomic E-state index is 13.0. The van der Waals surface area contributed by atoms with Crippen molar-refractivity contribution in [2.75, 3.05) is 39.3 Å². The molecule has 6 heteroatoms. The van der Waals surface area contributed by atoms with Gasteiger partial charge in [0.15, 0.2) is 5.78 Å². The number of aryl methyl sites for hydroxylation is 1. The molecule has 0 unspecified atom stereocenters. The number of benzene rings is 1. The lowest BCUT2D eigenvalue weighted by atomic mass is 10.1. The van der Waals surface area contributed by atoms with Crippen LogP contribution in [0.2, 0.25) is 0 Å². The number of ketones is 1. The van der Waals surface area contributed by atoms with Crippen LogP contribution in [-0.4, -0.2) is 65.4 Å². The molecule has 0 radical (unpaired) electrons. The number of nitrogens with zero attached hydrogens (tertiary/aromatic N) is 3. The Morgan fingerprint density at radius 2 is 1.66 bits per heavy atom. The van der Waals surface area contributed by atoms with Gasteiger partial charge >= 0.3 is 0 Å². The van der Waals surface area contributed by atoms with E-state index in [1.165, 1.54) is 0 Å². The summed E-state index contributed by atoms with van der Waals surface area (Å²) in [7, 11) is 0. The normalized spacial score (nSPS) is 15.1. The van der Waals surface area contributed by atoms with Crippen molar-refractivity contribution in [3.8, 4) is 5.75 Å². The van der Waals surface area contributed by atoms with Gasteiger partial charge < -0.3 is 14.2 Å². The molecule has 0 bridgehead atoms. The molecule has 0 spiro atoms. The number of rotatable bonds is 8. The van der Waals surface area contributed by atoms with Crippen LogP contribution in [0.3, 0.4) is 0 Å². The van der Waals surface area contributed by atoms with Gasteiger partial charge in [-0.1, -0.05) is 18.2 Å². The third kappa shape index (κ3) is 6.00. The zero-order valence-electron chi connectivity index (χ0n) is 20.2. The van der Waals surface area contributed by atoms with E-state index in [0.717, 1.165) is 35.8 Å². The van der Waals surface area contributed by atoms with Gasteiger partial charge in [0, 0.05) is 55.1 Å². The summed E-state index contributed by atoms with van der Waals surface area (Å²) < 4.78 is 7.90. The topological polar surface area (TPSA) is 54.8 Å². The van der Waals surface area contributed by atoms with E-state index in [1.807, 2.05) is 48.2 Å². The molecule has 1 amide bonds. The lowest BCUT2D eigenvalue weighted by molar-refractivity contribution is -0.133. The number of Topliss-reactive ketones (excluding diaryl/α,β-unsaturated/α-hetero) is 1. The minimum absolute atomic E-state index is 0.0508. The predicted molar refractivity (Wildman–Crippen MR) is 127 cm³/mol. The Bertz CT molecular complexity index is 920. The maximum Gasteiger partial charge on any atom is 0.222 e. The Morgan fingerprint density at radius 1 is 1.00 bits per heavy atom. The molecule has 2 aromatic rings. The van der Waals surface area contributed by atoms with Crippen LogP contribution in [0.25, 0.3) is 0 Å². The van der Waals surface area contributed by atoms with Gasteiger partial charge in [0.2, 0.25) is 5.91 Å². The Balaban J connectivity index is 1.43. The maximum absolute atomic E-state index is 13.0. The fraction of sp³-hybridized carbons (Fsp3) is 0.538. The highest BCUT2D eigenvalue weighted by atomic mass is 16.5. The first-order valence-corrected chi connectivity index (χ1v) is 11.6. The van der Waals surface area contributed by atoms with Crippen LogP contribution in [0, 0.1) is 13.8 Å². The van der Waals surface area contributed by atoms with Crippen molar-refractivity contribution in [2.45, 2.75) is 53.0 Å². The molecular weight excluding hydrogens is 402 g/mol. The highest BCUT2D eigenvalue weighted by Crippen LogP contribution is 2.25. The van der Waals surface area contributed by atoms with Gasteiger partial charge in [0.05, 0.1) is 13.2 Å². The van der Waals surface area contributed by atoms with E-state index < -0.39 is 0 Å². The summed E-state index contributed by atoms with van der Waals surface area (Å²) in [4.78, 5) is 29.6. The predicted octanol–water partition coefficient (Wildman–Crippen LogP) is 4.05. The molecule has 1 aliphatic heterocycles. The van der Waals surface area contributed by atoms with E-state index in [0.29, 0.717) is 39.1 Å². The Hall–Kier alpha value is -2.60. The lowest BCUT2D eigenvalue weighted by Crippen LogP contribution is -2.49. The summed E-state index contributed by atoms with van der Waals surface area (Å²) in [6.07, 6.45) is 1.19. The second-order valence-electron chi connectivity index (χ2n) is 9.64. The van der Waals surface area contributed by atoms with Crippen LogP contribution in [0.5, 0.6) is 5.75 Å².